The van der Waals surface area contributed by atoms with Crippen molar-refractivity contribution in [3.63, 3.8) is 0 Å². The molecule has 1 fully saturated rings. The molecular weight excluding hydrogens is 265 g/mol. The first-order valence-electron chi connectivity index (χ1n) is 4.92. The van der Waals surface area contributed by atoms with Gasteiger partial charge in [0.25, 0.3) is 5.69 Å². The van der Waals surface area contributed by atoms with Crippen LogP contribution in [0.25, 0.3) is 0 Å². The van der Waals surface area contributed by atoms with Crippen molar-refractivity contribution in [3.05, 3.63) is 34.4 Å². The number of nitrogens with zero attached hydrogens (tertiary/aromatic N) is 1. The van der Waals surface area contributed by atoms with E-state index >= 15 is 0 Å². The van der Waals surface area contributed by atoms with E-state index < -0.39 is 11.6 Å². The van der Waals surface area contributed by atoms with Gasteiger partial charge in [0.15, 0.2) is 0 Å². The van der Waals surface area contributed by atoms with Gasteiger partial charge in [-0.15, -0.1) is 0 Å². The van der Waals surface area contributed by atoms with Gasteiger partial charge in [-0.3, -0.25) is 19.2 Å². The van der Waals surface area contributed by atoms with Crippen molar-refractivity contribution in [2.45, 2.75) is 6.42 Å². The number of rotatable bonds is 3. The molecule has 0 atom stereocenters. The average Bonchev–Trinajstić information content (AvgIpc) is 2.30. The molecule has 2 rings (SSSR count). The number of benzene rings is 1. The molecule has 0 aromatic heterocycles. The molecule has 0 radical (unpaired) electrons. The molecule has 1 heterocycles. The number of nitro groups is 1. The van der Waals surface area contributed by atoms with Crippen molar-refractivity contribution in [1.29, 1.82) is 0 Å². The van der Waals surface area contributed by atoms with E-state index in [1.54, 1.807) is 0 Å². The highest BCUT2D eigenvalue weighted by Crippen LogP contribution is 2.51. The third-order valence-electron chi connectivity index (χ3n) is 2.05. The predicted molar refractivity (Wildman–Crippen MR) is 64.5 cm³/mol. The molecule has 0 saturated carbocycles. The van der Waals surface area contributed by atoms with Crippen LogP contribution in [-0.4, -0.2) is 18.1 Å². The maximum atomic E-state index is 10.5. The summed E-state index contributed by atoms with van der Waals surface area (Å²) in [5.41, 5.74) is -0.000386. The van der Waals surface area contributed by atoms with Crippen molar-refractivity contribution in [3.8, 4) is 5.75 Å². The minimum Gasteiger partial charge on any atom is -0.424 e. The maximum Gasteiger partial charge on any atom is 0.380 e. The van der Waals surface area contributed by atoms with E-state index in [9.17, 15) is 10.1 Å². The monoisotopic (exact) mass is 275 g/mol. The van der Waals surface area contributed by atoms with E-state index in [2.05, 4.69) is 0 Å². The number of nitro benzene ring substituents is 1. The lowest BCUT2D eigenvalue weighted by Gasteiger charge is -2.25. The number of non-ortho nitro benzene ring substituents is 1. The smallest absolute Gasteiger partial charge is 0.380 e. The van der Waals surface area contributed by atoms with Crippen LogP contribution in [0.1, 0.15) is 6.42 Å². The fourth-order valence-corrected chi connectivity index (χ4v) is 3.23. The van der Waals surface area contributed by atoms with Gasteiger partial charge in [0.1, 0.15) is 5.75 Å². The van der Waals surface area contributed by atoms with Crippen molar-refractivity contribution in [1.82, 2.24) is 0 Å². The van der Waals surface area contributed by atoms with Gasteiger partial charge < -0.3 is 4.52 Å². The Bertz CT molecular complexity index is 453. The minimum atomic E-state index is -2.71. The third kappa shape index (κ3) is 3.23. The molecule has 1 saturated heterocycles. The summed E-state index contributed by atoms with van der Waals surface area (Å²) in [7, 11) is 0. The first kappa shape index (κ1) is 12.4. The Balaban J connectivity index is 2.08. The van der Waals surface area contributed by atoms with Crippen LogP contribution < -0.4 is 4.52 Å². The summed E-state index contributed by atoms with van der Waals surface area (Å²) in [6, 6.07) is 5.66. The highest BCUT2D eigenvalue weighted by atomic mass is 32.5. The van der Waals surface area contributed by atoms with Gasteiger partial charge in [0, 0.05) is 23.9 Å². The van der Waals surface area contributed by atoms with Crippen molar-refractivity contribution in [2.24, 2.45) is 0 Å². The molecule has 1 aromatic rings. The largest absolute Gasteiger partial charge is 0.424 e. The zero-order chi connectivity index (χ0) is 12.3. The van der Waals surface area contributed by atoms with Gasteiger partial charge >= 0.3 is 6.72 Å². The van der Waals surface area contributed by atoms with E-state index in [4.69, 9.17) is 25.4 Å². The lowest BCUT2D eigenvalue weighted by atomic mass is 10.3. The first-order valence-corrected chi connectivity index (χ1v) is 7.48. The molecule has 1 aliphatic rings. The topological polar surface area (TPSA) is 70.8 Å². The molecule has 6 nitrogen and oxygen atoms in total. The van der Waals surface area contributed by atoms with Gasteiger partial charge in [-0.2, -0.15) is 0 Å². The van der Waals surface area contributed by atoms with Crippen molar-refractivity contribution >= 4 is 24.2 Å². The molecule has 8 heteroatoms. The van der Waals surface area contributed by atoms with Crippen LogP contribution in [0, 0.1) is 10.1 Å². The second-order valence-electron chi connectivity index (χ2n) is 3.31. The van der Waals surface area contributed by atoms with Crippen LogP contribution in [0.2, 0.25) is 0 Å². The number of hydrogen-bond donors (Lipinski definition) is 0. The zero-order valence-electron chi connectivity index (χ0n) is 8.77. The van der Waals surface area contributed by atoms with Crippen LogP contribution in [-0.2, 0) is 20.9 Å². The fraction of sp³-hybridized carbons (Fsp3) is 0.333. The molecular formula is C9H10NO5PS. The lowest BCUT2D eigenvalue weighted by Crippen LogP contribution is -2.11. The lowest BCUT2D eigenvalue weighted by molar-refractivity contribution is -0.384. The van der Waals surface area contributed by atoms with E-state index in [0.29, 0.717) is 19.0 Å². The van der Waals surface area contributed by atoms with Crippen LogP contribution in [0.15, 0.2) is 24.3 Å². The fourth-order valence-electron chi connectivity index (χ4n) is 1.26. The highest BCUT2D eigenvalue weighted by Gasteiger charge is 2.26. The quantitative estimate of drug-likeness (QED) is 0.479. The van der Waals surface area contributed by atoms with E-state index in [1.165, 1.54) is 24.3 Å². The molecule has 0 N–H and O–H groups in total. The zero-order valence-corrected chi connectivity index (χ0v) is 10.5. The predicted octanol–water partition coefficient (Wildman–Crippen LogP) is 2.64. The van der Waals surface area contributed by atoms with Crippen LogP contribution in [0.5, 0.6) is 5.75 Å². The average molecular weight is 275 g/mol. The van der Waals surface area contributed by atoms with E-state index in [-0.39, 0.29) is 5.69 Å². The summed E-state index contributed by atoms with van der Waals surface area (Å²) in [5.74, 6) is 0.417. The van der Waals surface area contributed by atoms with Crippen LogP contribution in [0.3, 0.4) is 0 Å². The van der Waals surface area contributed by atoms with Crippen LogP contribution in [0.4, 0.5) is 5.69 Å². The molecule has 0 amide bonds. The summed E-state index contributed by atoms with van der Waals surface area (Å²) in [6.45, 7) is -1.67. The van der Waals surface area contributed by atoms with Gasteiger partial charge in [-0.25, -0.2) is 0 Å². The van der Waals surface area contributed by atoms with Gasteiger partial charge in [-0.05, 0) is 18.6 Å². The number of hydrogen-bond acceptors (Lipinski definition) is 6. The van der Waals surface area contributed by atoms with Gasteiger partial charge in [0.2, 0.25) is 0 Å². The summed E-state index contributed by atoms with van der Waals surface area (Å²) in [4.78, 5) is 9.99. The first-order chi connectivity index (χ1) is 8.09. The SMILES string of the molecule is O=[N+]([O-])c1ccc(OP2(=S)OCCCO2)cc1. The normalized spacial score (nSPS) is 18.6. The molecule has 0 unspecified atom stereocenters. The third-order valence-corrected chi connectivity index (χ3v) is 4.34. The summed E-state index contributed by atoms with van der Waals surface area (Å²) in [5, 5.41) is 10.5. The maximum absolute atomic E-state index is 10.5. The summed E-state index contributed by atoms with van der Waals surface area (Å²) < 4.78 is 16.0. The summed E-state index contributed by atoms with van der Waals surface area (Å²) in [6.07, 6.45) is 0.794. The van der Waals surface area contributed by atoms with Crippen molar-refractivity contribution in [2.75, 3.05) is 13.2 Å². The Hall–Kier alpha value is -1.01. The molecule has 1 aromatic carbocycles. The highest BCUT2D eigenvalue weighted by molar-refractivity contribution is 8.07. The molecule has 0 bridgehead atoms. The molecule has 17 heavy (non-hydrogen) atoms. The Kier molecular flexibility index (Phi) is 3.73. The van der Waals surface area contributed by atoms with E-state index in [0.717, 1.165) is 6.42 Å². The second-order valence-corrected chi connectivity index (χ2v) is 6.24. The van der Waals surface area contributed by atoms with Crippen LogP contribution >= 0.6 is 6.72 Å². The van der Waals surface area contributed by atoms with Gasteiger partial charge in [-0.1, -0.05) is 0 Å². The van der Waals surface area contributed by atoms with Crippen molar-refractivity contribution < 1.29 is 18.5 Å². The van der Waals surface area contributed by atoms with E-state index in [1.807, 2.05) is 0 Å². The minimum absolute atomic E-state index is 0.000386. The Labute approximate surface area is 103 Å². The Morgan fingerprint density at radius 1 is 1.29 bits per heavy atom. The Morgan fingerprint density at radius 2 is 1.88 bits per heavy atom. The molecule has 0 aliphatic carbocycles. The summed E-state index contributed by atoms with van der Waals surface area (Å²) >= 11 is 5.13. The van der Waals surface area contributed by atoms with Gasteiger partial charge in [0.05, 0.1) is 18.1 Å². The molecule has 92 valence electrons. The standard InChI is InChI=1S/C9H10NO5PS/c11-10(12)8-2-4-9(5-3-8)15-16(17)13-6-1-7-14-16/h2-5H,1,6-7H2. The second kappa shape index (κ2) is 5.10. The Morgan fingerprint density at radius 3 is 2.41 bits per heavy atom. The molecule has 0 spiro atoms. The molecule has 1 aliphatic heterocycles.